The van der Waals surface area contributed by atoms with Crippen molar-refractivity contribution < 1.29 is 4.74 Å². The molecule has 0 saturated heterocycles. The number of hydrogen-bond acceptors (Lipinski definition) is 2. The minimum atomic E-state index is 0.0336. The predicted octanol–water partition coefficient (Wildman–Crippen LogP) is 4.07. The van der Waals surface area contributed by atoms with E-state index in [9.17, 15) is 0 Å². The van der Waals surface area contributed by atoms with E-state index in [0.29, 0.717) is 12.2 Å². The molecule has 3 N–H and O–H groups in total. The maximum Gasteiger partial charge on any atom is 0.123 e. The monoisotopic (exact) mass is 382 g/mol. The van der Waals surface area contributed by atoms with E-state index in [4.69, 9.17) is 15.9 Å². The lowest BCUT2D eigenvalue weighted by Crippen LogP contribution is -2.11. The van der Waals surface area contributed by atoms with Gasteiger partial charge in [-0.15, -0.1) is 0 Å². The molecular formula is C14H12Br2N2O. The molecular weight excluding hydrogens is 372 g/mol. The van der Waals surface area contributed by atoms with Gasteiger partial charge in [-0.05, 0) is 51.8 Å². The lowest BCUT2D eigenvalue weighted by Gasteiger charge is -2.09. The summed E-state index contributed by atoms with van der Waals surface area (Å²) >= 11 is 6.77. The molecule has 0 amide bonds. The van der Waals surface area contributed by atoms with E-state index in [1.807, 2.05) is 30.3 Å². The van der Waals surface area contributed by atoms with Gasteiger partial charge >= 0.3 is 0 Å². The molecule has 0 radical (unpaired) electrons. The van der Waals surface area contributed by atoms with Gasteiger partial charge in [0, 0.05) is 14.5 Å². The van der Waals surface area contributed by atoms with Gasteiger partial charge in [0.1, 0.15) is 18.2 Å². The van der Waals surface area contributed by atoms with E-state index in [1.165, 1.54) is 0 Å². The van der Waals surface area contributed by atoms with Crippen LogP contribution in [0.25, 0.3) is 0 Å². The van der Waals surface area contributed by atoms with E-state index >= 15 is 0 Å². The zero-order valence-electron chi connectivity index (χ0n) is 9.99. The summed E-state index contributed by atoms with van der Waals surface area (Å²) in [6, 6.07) is 13.4. The highest BCUT2D eigenvalue weighted by molar-refractivity contribution is 9.10. The molecule has 0 spiro atoms. The van der Waals surface area contributed by atoms with Gasteiger partial charge in [-0.1, -0.05) is 28.1 Å². The van der Waals surface area contributed by atoms with Gasteiger partial charge < -0.3 is 10.5 Å². The molecule has 0 fully saturated rings. The summed E-state index contributed by atoms with van der Waals surface area (Å²) in [6.45, 7) is 0.499. The first kappa shape index (κ1) is 14.1. The number of hydrogen-bond donors (Lipinski definition) is 2. The first-order valence-corrected chi connectivity index (χ1v) is 7.16. The van der Waals surface area contributed by atoms with Crippen LogP contribution in [-0.2, 0) is 6.61 Å². The van der Waals surface area contributed by atoms with Crippen LogP contribution in [0.1, 0.15) is 11.1 Å². The van der Waals surface area contributed by atoms with Crippen molar-refractivity contribution in [2.24, 2.45) is 5.73 Å². The molecule has 19 heavy (non-hydrogen) atoms. The second kappa shape index (κ2) is 6.21. The highest BCUT2D eigenvalue weighted by atomic mass is 79.9. The van der Waals surface area contributed by atoms with Crippen LogP contribution in [0.5, 0.6) is 5.75 Å². The first-order chi connectivity index (χ1) is 9.06. The minimum Gasteiger partial charge on any atom is -0.489 e. The summed E-state index contributed by atoms with van der Waals surface area (Å²) in [4.78, 5) is 0. The van der Waals surface area contributed by atoms with E-state index in [-0.39, 0.29) is 5.84 Å². The number of amidine groups is 1. The Morgan fingerprint density at radius 3 is 2.37 bits per heavy atom. The quantitative estimate of drug-likeness (QED) is 0.617. The predicted molar refractivity (Wildman–Crippen MR) is 83.6 cm³/mol. The fourth-order valence-electron chi connectivity index (χ4n) is 1.55. The van der Waals surface area contributed by atoms with E-state index in [2.05, 4.69) is 31.9 Å². The Morgan fingerprint density at radius 2 is 1.79 bits per heavy atom. The third kappa shape index (κ3) is 3.81. The molecule has 98 valence electrons. The Hall–Kier alpha value is -1.33. The number of nitrogens with one attached hydrogen (secondary N) is 1. The number of halogens is 2. The number of nitrogen functional groups attached to an aromatic ring is 1. The van der Waals surface area contributed by atoms with Crippen molar-refractivity contribution in [3.63, 3.8) is 0 Å². The molecule has 2 aromatic rings. The van der Waals surface area contributed by atoms with Crippen molar-refractivity contribution in [3.8, 4) is 5.75 Å². The Balaban J connectivity index is 2.06. The summed E-state index contributed by atoms with van der Waals surface area (Å²) in [7, 11) is 0. The SMILES string of the molecule is N=C(N)c1ccc(OCc2ccc(Br)cc2)cc1Br. The fraction of sp³-hybridized carbons (Fsp3) is 0.0714. The van der Waals surface area contributed by atoms with Gasteiger partial charge in [0.2, 0.25) is 0 Å². The second-order valence-electron chi connectivity index (χ2n) is 3.97. The average molecular weight is 384 g/mol. The second-order valence-corrected chi connectivity index (χ2v) is 5.74. The van der Waals surface area contributed by atoms with Crippen molar-refractivity contribution in [2.45, 2.75) is 6.61 Å². The molecule has 0 saturated carbocycles. The molecule has 0 atom stereocenters. The average Bonchev–Trinajstić information content (AvgIpc) is 2.37. The number of rotatable bonds is 4. The Bertz CT molecular complexity index is 597. The standard InChI is InChI=1S/C14H12Br2N2O/c15-10-3-1-9(2-4-10)8-19-11-5-6-12(14(17)18)13(16)7-11/h1-7H,8H2,(H3,17,18). The van der Waals surface area contributed by atoms with Gasteiger partial charge in [-0.2, -0.15) is 0 Å². The van der Waals surface area contributed by atoms with Crippen LogP contribution in [0.2, 0.25) is 0 Å². The zero-order valence-corrected chi connectivity index (χ0v) is 13.2. The smallest absolute Gasteiger partial charge is 0.123 e. The van der Waals surface area contributed by atoms with E-state index in [0.717, 1.165) is 20.3 Å². The number of ether oxygens (including phenoxy) is 1. The Morgan fingerprint density at radius 1 is 1.11 bits per heavy atom. The van der Waals surface area contributed by atoms with Crippen molar-refractivity contribution in [2.75, 3.05) is 0 Å². The van der Waals surface area contributed by atoms with Crippen molar-refractivity contribution in [1.82, 2.24) is 0 Å². The summed E-state index contributed by atoms with van der Waals surface area (Å²) in [5, 5.41) is 7.41. The molecule has 0 aromatic heterocycles. The topological polar surface area (TPSA) is 59.1 Å². The van der Waals surface area contributed by atoms with Gasteiger partial charge in [-0.25, -0.2) is 0 Å². The normalized spacial score (nSPS) is 10.2. The van der Waals surface area contributed by atoms with Gasteiger partial charge in [0.15, 0.2) is 0 Å². The van der Waals surface area contributed by atoms with Crippen LogP contribution in [0.15, 0.2) is 51.4 Å². The summed E-state index contributed by atoms with van der Waals surface area (Å²) in [5.74, 6) is 0.770. The minimum absolute atomic E-state index is 0.0336. The molecule has 0 unspecified atom stereocenters. The molecule has 5 heteroatoms. The summed E-state index contributed by atoms with van der Waals surface area (Å²) in [5.41, 5.74) is 7.21. The van der Waals surface area contributed by atoms with Crippen LogP contribution < -0.4 is 10.5 Å². The highest BCUT2D eigenvalue weighted by Crippen LogP contribution is 2.23. The molecule has 0 heterocycles. The van der Waals surface area contributed by atoms with Gasteiger partial charge in [0.25, 0.3) is 0 Å². The van der Waals surface area contributed by atoms with Crippen LogP contribution >= 0.6 is 31.9 Å². The molecule has 0 aliphatic heterocycles. The molecule has 2 rings (SSSR count). The van der Waals surface area contributed by atoms with Crippen molar-refractivity contribution in [3.05, 3.63) is 62.5 Å². The van der Waals surface area contributed by atoms with Gasteiger partial charge in [-0.3, -0.25) is 5.41 Å². The highest BCUT2D eigenvalue weighted by Gasteiger charge is 2.05. The maximum absolute atomic E-state index is 7.41. The van der Waals surface area contributed by atoms with Crippen LogP contribution in [0, 0.1) is 5.41 Å². The van der Waals surface area contributed by atoms with Crippen LogP contribution in [-0.4, -0.2) is 5.84 Å². The first-order valence-electron chi connectivity index (χ1n) is 5.57. The maximum atomic E-state index is 7.41. The number of benzene rings is 2. The third-order valence-corrected chi connectivity index (χ3v) is 3.73. The Labute approximate surface area is 128 Å². The largest absolute Gasteiger partial charge is 0.489 e. The molecule has 0 aliphatic carbocycles. The third-order valence-electron chi connectivity index (χ3n) is 2.55. The summed E-state index contributed by atoms with van der Waals surface area (Å²) < 4.78 is 7.49. The lowest BCUT2D eigenvalue weighted by molar-refractivity contribution is 0.306. The van der Waals surface area contributed by atoms with Crippen molar-refractivity contribution in [1.29, 1.82) is 5.41 Å². The van der Waals surface area contributed by atoms with Crippen LogP contribution in [0.4, 0.5) is 0 Å². The molecule has 3 nitrogen and oxygen atoms in total. The number of nitrogens with two attached hydrogens (primary N) is 1. The molecule has 2 aromatic carbocycles. The molecule has 0 aliphatic rings. The van der Waals surface area contributed by atoms with Crippen molar-refractivity contribution >= 4 is 37.7 Å². The van der Waals surface area contributed by atoms with Gasteiger partial charge in [0.05, 0.1) is 0 Å². The summed E-state index contributed by atoms with van der Waals surface area (Å²) in [6.07, 6.45) is 0. The lowest BCUT2D eigenvalue weighted by atomic mass is 10.2. The Kier molecular flexibility index (Phi) is 4.61. The van der Waals surface area contributed by atoms with Crippen LogP contribution in [0.3, 0.4) is 0 Å². The zero-order chi connectivity index (χ0) is 13.8. The fourth-order valence-corrected chi connectivity index (χ4v) is 2.39. The molecule has 0 bridgehead atoms. The van der Waals surface area contributed by atoms with E-state index < -0.39 is 0 Å². The van der Waals surface area contributed by atoms with E-state index in [1.54, 1.807) is 12.1 Å².